The van der Waals surface area contributed by atoms with E-state index in [1.807, 2.05) is 0 Å². The number of anilines is 1. The lowest BCUT2D eigenvalue weighted by Crippen LogP contribution is -2.31. The number of halogens is 2. The zero-order valence-electron chi connectivity index (χ0n) is 11.6. The fourth-order valence-electron chi connectivity index (χ4n) is 1.28. The first-order valence-electron chi connectivity index (χ1n) is 6.02. The largest absolute Gasteiger partial charge is 0.444 e. The minimum Gasteiger partial charge on any atom is -0.444 e. The predicted octanol–water partition coefficient (Wildman–Crippen LogP) is 1.96. The van der Waals surface area contributed by atoms with Crippen molar-refractivity contribution < 1.29 is 18.3 Å². The number of ether oxygens (including phenoxy) is 1. The van der Waals surface area contributed by atoms with Crippen molar-refractivity contribution >= 4 is 12.0 Å². The van der Waals surface area contributed by atoms with E-state index in [-0.39, 0.29) is 12.4 Å². The molecule has 112 valence electrons. The van der Waals surface area contributed by atoms with Crippen LogP contribution in [0, 0.1) is 0 Å². The predicted molar refractivity (Wildman–Crippen MR) is 69.6 cm³/mol. The topological polar surface area (TPSA) is 90.1 Å². The van der Waals surface area contributed by atoms with Gasteiger partial charge in [0.25, 0.3) is 6.43 Å². The van der Waals surface area contributed by atoms with Crippen molar-refractivity contribution in [1.29, 1.82) is 0 Å². The lowest BCUT2D eigenvalue weighted by molar-refractivity contribution is 0.0634. The molecule has 0 saturated carbocycles. The van der Waals surface area contributed by atoms with E-state index in [4.69, 9.17) is 10.5 Å². The average Bonchev–Trinajstić information content (AvgIpc) is 2.28. The third-order valence-corrected chi connectivity index (χ3v) is 2.11. The normalized spacial score (nSPS) is 13.2. The second-order valence-corrected chi connectivity index (χ2v) is 5.24. The molecule has 0 saturated heterocycles. The maximum atomic E-state index is 12.3. The van der Waals surface area contributed by atoms with E-state index >= 15 is 0 Å². The number of carbonyl (C=O) groups is 1. The summed E-state index contributed by atoms with van der Waals surface area (Å²) in [5, 5.41) is 2.34. The number of nitrogens with zero attached hydrogens (tertiary/aromatic N) is 2. The lowest BCUT2D eigenvalue weighted by atomic mass is 10.1. The zero-order chi connectivity index (χ0) is 15.3. The summed E-state index contributed by atoms with van der Waals surface area (Å²) in [5.74, 6) is 0.0358. The number of hydrogen-bond acceptors (Lipinski definition) is 5. The zero-order valence-corrected chi connectivity index (χ0v) is 11.6. The van der Waals surface area contributed by atoms with E-state index in [9.17, 15) is 13.6 Å². The van der Waals surface area contributed by atoms with Gasteiger partial charge in [-0.25, -0.2) is 23.5 Å². The van der Waals surface area contributed by atoms with Crippen molar-refractivity contribution in [3.05, 3.63) is 18.0 Å². The molecule has 0 aliphatic rings. The van der Waals surface area contributed by atoms with Crippen molar-refractivity contribution in [2.24, 2.45) is 5.73 Å². The molecule has 0 fully saturated rings. The van der Waals surface area contributed by atoms with E-state index in [1.165, 1.54) is 12.4 Å². The summed E-state index contributed by atoms with van der Waals surface area (Å²) >= 11 is 0. The highest BCUT2D eigenvalue weighted by Crippen LogP contribution is 2.10. The van der Waals surface area contributed by atoms with Gasteiger partial charge < -0.3 is 10.5 Å². The molecule has 1 rings (SSSR count). The monoisotopic (exact) mass is 288 g/mol. The van der Waals surface area contributed by atoms with E-state index in [1.54, 1.807) is 20.8 Å². The summed E-state index contributed by atoms with van der Waals surface area (Å²) in [4.78, 5) is 19.1. The maximum Gasteiger partial charge on any atom is 0.414 e. The van der Waals surface area contributed by atoms with Crippen LogP contribution < -0.4 is 11.1 Å². The van der Waals surface area contributed by atoms with Gasteiger partial charge in [0.15, 0.2) is 0 Å². The summed E-state index contributed by atoms with van der Waals surface area (Å²) < 4.78 is 29.6. The van der Waals surface area contributed by atoms with Gasteiger partial charge in [0, 0.05) is 12.4 Å². The number of hydrogen-bond donors (Lipinski definition) is 2. The van der Waals surface area contributed by atoms with Crippen molar-refractivity contribution in [3.8, 4) is 0 Å². The van der Waals surface area contributed by atoms with Crippen LogP contribution in [-0.4, -0.2) is 34.1 Å². The molecule has 0 aliphatic heterocycles. The number of aromatic nitrogens is 2. The van der Waals surface area contributed by atoms with Gasteiger partial charge in [-0.15, -0.1) is 0 Å². The van der Waals surface area contributed by atoms with Gasteiger partial charge in [0.1, 0.15) is 5.60 Å². The van der Waals surface area contributed by atoms with Gasteiger partial charge in [-0.1, -0.05) is 0 Å². The molecule has 20 heavy (non-hydrogen) atoms. The lowest BCUT2D eigenvalue weighted by Gasteiger charge is -2.19. The van der Waals surface area contributed by atoms with Crippen molar-refractivity contribution in [2.75, 3.05) is 5.32 Å². The third kappa shape index (κ3) is 5.87. The van der Waals surface area contributed by atoms with Crippen LogP contribution in [0.5, 0.6) is 0 Å². The fourth-order valence-corrected chi connectivity index (χ4v) is 1.28. The van der Waals surface area contributed by atoms with Gasteiger partial charge in [-0.2, -0.15) is 0 Å². The minimum atomic E-state index is -2.60. The van der Waals surface area contributed by atoms with Gasteiger partial charge in [0.05, 0.1) is 6.04 Å². The van der Waals surface area contributed by atoms with Crippen molar-refractivity contribution in [2.45, 2.75) is 45.3 Å². The second kappa shape index (κ2) is 6.56. The number of nitrogens with two attached hydrogens (primary N) is 1. The highest BCUT2D eigenvalue weighted by Gasteiger charge is 2.18. The number of nitrogens with one attached hydrogen (secondary N) is 1. The van der Waals surface area contributed by atoms with Gasteiger partial charge >= 0.3 is 6.09 Å². The van der Waals surface area contributed by atoms with E-state index in [2.05, 4.69) is 15.3 Å². The Morgan fingerprint density at radius 1 is 1.40 bits per heavy atom. The number of alkyl halides is 2. The molecule has 0 spiro atoms. The summed E-state index contributed by atoms with van der Waals surface area (Å²) in [6, 6.07) is -1.26. The van der Waals surface area contributed by atoms with E-state index in [0.29, 0.717) is 5.56 Å². The third-order valence-electron chi connectivity index (χ3n) is 2.11. The Bertz CT molecular complexity index is 446. The molecule has 8 heteroatoms. The summed E-state index contributed by atoms with van der Waals surface area (Å²) in [6.45, 7) is 5.17. The Labute approximate surface area is 115 Å². The molecule has 3 N–H and O–H groups in total. The fraction of sp³-hybridized carbons (Fsp3) is 0.583. The Kier molecular flexibility index (Phi) is 5.32. The Morgan fingerprint density at radius 2 is 1.95 bits per heavy atom. The highest BCUT2D eigenvalue weighted by molar-refractivity contribution is 5.82. The SMILES string of the molecule is CC(C)(C)OC(=O)Nc1ncc(CC(N)C(F)F)cn1. The molecule has 0 aliphatic carbocycles. The summed E-state index contributed by atoms with van der Waals surface area (Å²) in [6.07, 6.45) is -0.655. The molecule has 0 radical (unpaired) electrons. The van der Waals surface area contributed by atoms with Crippen LogP contribution in [0.2, 0.25) is 0 Å². The first-order valence-corrected chi connectivity index (χ1v) is 6.02. The van der Waals surface area contributed by atoms with Crippen molar-refractivity contribution in [3.63, 3.8) is 0 Å². The molecule has 1 amide bonds. The maximum absolute atomic E-state index is 12.3. The average molecular weight is 288 g/mol. The van der Waals surface area contributed by atoms with E-state index < -0.39 is 24.2 Å². The van der Waals surface area contributed by atoms with Gasteiger partial charge in [0.2, 0.25) is 5.95 Å². The molecule has 0 aromatic carbocycles. The smallest absolute Gasteiger partial charge is 0.414 e. The van der Waals surface area contributed by atoms with Crippen LogP contribution in [0.25, 0.3) is 0 Å². The second-order valence-electron chi connectivity index (χ2n) is 5.24. The molecular formula is C12H18F2N4O2. The number of carbonyl (C=O) groups excluding carboxylic acids is 1. The minimum absolute atomic E-state index is 0.0358. The van der Waals surface area contributed by atoms with Crippen LogP contribution in [-0.2, 0) is 11.2 Å². The quantitative estimate of drug-likeness (QED) is 0.884. The molecular weight excluding hydrogens is 270 g/mol. The Balaban J connectivity index is 2.57. The Hall–Kier alpha value is -1.83. The standard InChI is InChI=1S/C12H18F2N4O2/c1-12(2,3)20-11(19)18-10-16-5-7(6-17-10)4-8(15)9(13)14/h5-6,8-9H,4,15H2,1-3H3,(H,16,17,18,19). The molecule has 1 atom stereocenters. The van der Waals surface area contributed by atoms with Crippen LogP contribution in [0.3, 0.4) is 0 Å². The Morgan fingerprint density at radius 3 is 2.40 bits per heavy atom. The molecule has 1 aromatic heterocycles. The van der Waals surface area contributed by atoms with Crippen LogP contribution in [0.15, 0.2) is 12.4 Å². The van der Waals surface area contributed by atoms with Crippen LogP contribution in [0.1, 0.15) is 26.3 Å². The summed E-state index contributed by atoms with van der Waals surface area (Å²) in [7, 11) is 0. The molecule has 0 bridgehead atoms. The molecule has 1 heterocycles. The van der Waals surface area contributed by atoms with Crippen LogP contribution in [0.4, 0.5) is 19.5 Å². The molecule has 1 aromatic rings. The molecule has 1 unspecified atom stereocenters. The van der Waals surface area contributed by atoms with Crippen molar-refractivity contribution in [1.82, 2.24) is 9.97 Å². The first-order chi connectivity index (χ1) is 9.17. The van der Waals surface area contributed by atoms with Gasteiger partial charge in [-0.3, -0.25) is 5.32 Å². The number of rotatable bonds is 4. The van der Waals surface area contributed by atoms with Gasteiger partial charge in [-0.05, 0) is 32.8 Å². The first kappa shape index (κ1) is 16.2. The number of amides is 1. The van der Waals surface area contributed by atoms with E-state index in [0.717, 1.165) is 0 Å². The highest BCUT2D eigenvalue weighted by atomic mass is 19.3. The summed E-state index contributed by atoms with van der Waals surface area (Å²) in [5.41, 5.74) is 5.08. The van der Waals surface area contributed by atoms with Crippen LogP contribution >= 0.6 is 0 Å². The molecule has 6 nitrogen and oxygen atoms in total.